The highest BCUT2D eigenvalue weighted by atomic mass is 19.3. The van der Waals surface area contributed by atoms with E-state index < -0.39 is 19.0 Å². The highest BCUT2D eigenvalue weighted by Crippen LogP contribution is 2.21. The Kier molecular flexibility index (Phi) is 6.55. The number of rotatable bonds is 6. The Labute approximate surface area is 123 Å². The van der Waals surface area contributed by atoms with Crippen molar-refractivity contribution in [2.24, 2.45) is 0 Å². The molecular formula is C15H22F2N2O2. The molecule has 2 N–H and O–H groups in total. The molecule has 0 heterocycles. The van der Waals surface area contributed by atoms with E-state index in [9.17, 15) is 13.6 Å². The van der Waals surface area contributed by atoms with Crippen LogP contribution in [0.5, 0.6) is 0 Å². The molecule has 1 aromatic carbocycles. The molecule has 0 saturated carbocycles. The van der Waals surface area contributed by atoms with E-state index in [1.165, 1.54) is 0 Å². The van der Waals surface area contributed by atoms with Crippen LogP contribution >= 0.6 is 0 Å². The first kappa shape index (κ1) is 17.4. The fourth-order valence-electron chi connectivity index (χ4n) is 2.42. The molecule has 6 heteroatoms. The number of carbonyl (C=O) groups excluding carboxylic acids is 1. The molecule has 0 radical (unpaired) electrons. The van der Waals surface area contributed by atoms with Gasteiger partial charge in [0.1, 0.15) is 0 Å². The van der Waals surface area contributed by atoms with Crippen molar-refractivity contribution in [1.82, 2.24) is 10.2 Å². The van der Waals surface area contributed by atoms with Crippen molar-refractivity contribution in [2.45, 2.75) is 33.2 Å². The van der Waals surface area contributed by atoms with E-state index in [0.29, 0.717) is 0 Å². The van der Waals surface area contributed by atoms with Gasteiger partial charge >= 0.3 is 6.03 Å². The third kappa shape index (κ3) is 4.97. The molecule has 0 fully saturated rings. The van der Waals surface area contributed by atoms with Crippen molar-refractivity contribution in [3.8, 4) is 0 Å². The molecule has 2 amide bonds. The Morgan fingerprint density at radius 3 is 2.38 bits per heavy atom. The lowest BCUT2D eigenvalue weighted by molar-refractivity contribution is 0.0895. The van der Waals surface area contributed by atoms with Crippen LogP contribution in [0.4, 0.5) is 13.6 Å². The summed E-state index contributed by atoms with van der Waals surface area (Å²) in [7, 11) is 0. The highest BCUT2D eigenvalue weighted by molar-refractivity contribution is 5.74. The molecule has 0 aliphatic rings. The molecule has 1 aromatic rings. The highest BCUT2D eigenvalue weighted by Gasteiger charge is 2.20. The Morgan fingerprint density at radius 2 is 1.90 bits per heavy atom. The zero-order chi connectivity index (χ0) is 16.0. The van der Waals surface area contributed by atoms with Gasteiger partial charge in [-0.3, -0.25) is 0 Å². The number of nitrogens with one attached hydrogen (secondary N) is 1. The summed E-state index contributed by atoms with van der Waals surface area (Å²) in [5.74, 6) is 0. The molecule has 0 aliphatic heterocycles. The number of urea groups is 1. The van der Waals surface area contributed by atoms with Crippen molar-refractivity contribution < 1.29 is 18.7 Å². The molecule has 0 aliphatic carbocycles. The van der Waals surface area contributed by atoms with Gasteiger partial charge < -0.3 is 15.3 Å². The molecule has 0 bridgehead atoms. The average Bonchev–Trinajstić information content (AvgIpc) is 2.37. The van der Waals surface area contributed by atoms with E-state index in [1.807, 2.05) is 39.0 Å². The molecule has 0 aromatic heterocycles. The minimum absolute atomic E-state index is 0.115. The first-order valence-electron chi connectivity index (χ1n) is 6.87. The third-order valence-electron chi connectivity index (χ3n) is 3.33. The molecular weight excluding hydrogens is 278 g/mol. The van der Waals surface area contributed by atoms with E-state index in [1.54, 1.807) is 0 Å². The minimum atomic E-state index is -2.63. The van der Waals surface area contributed by atoms with Gasteiger partial charge in [0.15, 0.2) is 0 Å². The van der Waals surface area contributed by atoms with Crippen molar-refractivity contribution in [2.75, 3.05) is 19.7 Å². The zero-order valence-corrected chi connectivity index (χ0v) is 12.6. The van der Waals surface area contributed by atoms with Crippen LogP contribution in [-0.2, 0) is 0 Å². The summed E-state index contributed by atoms with van der Waals surface area (Å²) in [6.45, 7) is 4.54. The van der Waals surface area contributed by atoms with E-state index in [0.717, 1.165) is 21.6 Å². The summed E-state index contributed by atoms with van der Waals surface area (Å²) in [6, 6.07) is 4.92. The summed E-state index contributed by atoms with van der Waals surface area (Å²) in [5, 5.41) is 11.6. The second-order valence-corrected chi connectivity index (χ2v) is 5.04. The fourth-order valence-corrected chi connectivity index (χ4v) is 2.42. The lowest BCUT2D eigenvalue weighted by atomic mass is 9.97. The molecule has 118 valence electrons. The van der Waals surface area contributed by atoms with Crippen LogP contribution in [0.3, 0.4) is 0 Å². The normalized spacial score (nSPS) is 12.3. The van der Waals surface area contributed by atoms with Gasteiger partial charge in [-0.1, -0.05) is 18.2 Å². The topological polar surface area (TPSA) is 52.6 Å². The predicted molar refractivity (Wildman–Crippen MR) is 77.5 cm³/mol. The van der Waals surface area contributed by atoms with Gasteiger partial charge in [0.2, 0.25) is 0 Å². The van der Waals surface area contributed by atoms with E-state index >= 15 is 0 Å². The molecule has 1 atom stereocenters. The van der Waals surface area contributed by atoms with Crippen LogP contribution in [0, 0.1) is 13.8 Å². The third-order valence-corrected chi connectivity index (χ3v) is 3.33. The molecule has 1 rings (SSSR count). The van der Waals surface area contributed by atoms with Gasteiger partial charge in [-0.05, 0) is 37.5 Å². The standard InChI is InChI=1S/C15H22F2N2O2/c1-10-5-4-6-11(2)14(10)12(3)18-15(21)19(7-8-20)9-13(16)17/h4-6,12-13,20H,7-9H2,1-3H3,(H,18,21)/t12-/m0/s1. The van der Waals surface area contributed by atoms with Gasteiger partial charge in [0.05, 0.1) is 19.2 Å². The number of aliphatic hydroxyl groups excluding tert-OH is 1. The van der Waals surface area contributed by atoms with Crippen molar-refractivity contribution >= 4 is 6.03 Å². The average molecular weight is 300 g/mol. The molecule has 4 nitrogen and oxygen atoms in total. The monoisotopic (exact) mass is 300 g/mol. The number of carbonyl (C=O) groups is 1. The number of amides is 2. The Hall–Kier alpha value is -1.69. The summed E-state index contributed by atoms with van der Waals surface area (Å²) in [5.41, 5.74) is 3.04. The second-order valence-electron chi connectivity index (χ2n) is 5.04. The Morgan fingerprint density at radius 1 is 1.33 bits per heavy atom. The number of aryl methyl sites for hydroxylation is 2. The van der Waals surface area contributed by atoms with Crippen molar-refractivity contribution in [3.63, 3.8) is 0 Å². The van der Waals surface area contributed by atoms with Gasteiger partial charge in [0.25, 0.3) is 6.43 Å². The number of benzene rings is 1. The molecule has 0 saturated heterocycles. The molecule has 0 unspecified atom stereocenters. The number of nitrogens with zero attached hydrogens (tertiary/aromatic N) is 1. The maximum atomic E-state index is 12.5. The Bertz CT molecular complexity index is 460. The van der Waals surface area contributed by atoms with Crippen LogP contribution in [0.15, 0.2) is 18.2 Å². The summed E-state index contributed by atoms with van der Waals surface area (Å²) < 4.78 is 24.9. The number of hydrogen-bond donors (Lipinski definition) is 2. The number of alkyl halides is 2. The first-order valence-corrected chi connectivity index (χ1v) is 6.87. The first-order chi connectivity index (χ1) is 9.86. The Balaban J connectivity index is 2.80. The number of aliphatic hydroxyl groups is 1. The van der Waals surface area contributed by atoms with Crippen molar-refractivity contribution in [3.05, 3.63) is 34.9 Å². The van der Waals surface area contributed by atoms with E-state index in [2.05, 4.69) is 5.32 Å². The van der Waals surface area contributed by atoms with Gasteiger partial charge in [-0.2, -0.15) is 0 Å². The lowest BCUT2D eigenvalue weighted by Crippen LogP contribution is -2.44. The van der Waals surface area contributed by atoms with Crippen LogP contribution in [0.2, 0.25) is 0 Å². The quantitative estimate of drug-likeness (QED) is 0.848. The number of halogens is 2. The van der Waals surface area contributed by atoms with Crippen LogP contribution in [0.25, 0.3) is 0 Å². The lowest BCUT2D eigenvalue weighted by Gasteiger charge is -2.25. The summed E-state index contributed by atoms with van der Waals surface area (Å²) in [4.78, 5) is 13.0. The van der Waals surface area contributed by atoms with Gasteiger partial charge in [0, 0.05) is 6.54 Å². The maximum Gasteiger partial charge on any atom is 0.318 e. The maximum absolute atomic E-state index is 12.5. The van der Waals surface area contributed by atoms with Gasteiger partial charge in [-0.25, -0.2) is 13.6 Å². The van der Waals surface area contributed by atoms with E-state index in [-0.39, 0.29) is 19.2 Å². The minimum Gasteiger partial charge on any atom is -0.395 e. The van der Waals surface area contributed by atoms with Gasteiger partial charge in [-0.15, -0.1) is 0 Å². The van der Waals surface area contributed by atoms with E-state index in [4.69, 9.17) is 5.11 Å². The second kappa shape index (κ2) is 7.93. The molecule has 0 spiro atoms. The predicted octanol–water partition coefficient (Wildman–Crippen LogP) is 2.63. The smallest absolute Gasteiger partial charge is 0.318 e. The van der Waals surface area contributed by atoms with Crippen LogP contribution in [0.1, 0.15) is 29.7 Å². The van der Waals surface area contributed by atoms with Crippen molar-refractivity contribution in [1.29, 1.82) is 0 Å². The molecule has 21 heavy (non-hydrogen) atoms. The number of hydrogen-bond acceptors (Lipinski definition) is 2. The zero-order valence-electron chi connectivity index (χ0n) is 12.6. The SMILES string of the molecule is Cc1cccc(C)c1[C@H](C)NC(=O)N(CCO)CC(F)F. The fraction of sp³-hybridized carbons (Fsp3) is 0.533. The largest absolute Gasteiger partial charge is 0.395 e. The van der Waals surface area contributed by atoms with Crippen LogP contribution < -0.4 is 5.32 Å². The summed E-state index contributed by atoms with van der Waals surface area (Å²) >= 11 is 0. The summed E-state index contributed by atoms with van der Waals surface area (Å²) in [6.07, 6.45) is -2.63. The van der Waals surface area contributed by atoms with Crippen LogP contribution in [-0.4, -0.2) is 42.2 Å².